The molecule has 0 atom stereocenters. The number of carbonyl (C=O) groups is 2. The molecule has 0 aliphatic carbocycles. The zero-order valence-electron chi connectivity index (χ0n) is 13.7. The Morgan fingerprint density at radius 3 is 2.40 bits per heavy atom. The van der Waals surface area contributed by atoms with Gasteiger partial charge in [-0.15, -0.1) is 11.3 Å². The maximum absolute atomic E-state index is 12.3. The number of benzene rings is 2. The van der Waals surface area contributed by atoms with Crippen molar-refractivity contribution in [1.82, 2.24) is 4.98 Å². The van der Waals surface area contributed by atoms with Crippen LogP contribution in [0.2, 0.25) is 0 Å². The topological polar surface area (TPSA) is 71.1 Å². The number of hydrogen-bond donors (Lipinski definition) is 2. The van der Waals surface area contributed by atoms with E-state index in [0.717, 1.165) is 11.3 Å². The summed E-state index contributed by atoms with van der Waals surface area (Å²) in [5.74, 6) is -0.296. The molecule has 3 rings (SSSR count). The van der Waals surface area contributed by atoms with Crippen LogP contribution in [0.4, 0.5) is 10.8 Å². The standard InChI is InChI=1S/C19H17N3O2S/c1-2-17(23)20-15-10-8-14(9-11-15)18(24)22-19-21-16(12-25-19)13-6-4-3-5-7-13/h3-12H,2H2,1H3,(H,20,23)(H,21,22,24). The van der Waals surface area contributed by atoms with Gasteiger partial charge >= 0.3 is 0 Å². The van der Waals surface area contributed by atoms with E-state index in [4.69, 9.17) is 0 Å². The fraction of sp³-hybridized carbons (Fsp3) is 0.105. The zero-order valence-corrected chi connectivity index (χ0v) is 14.5. The van der Waals surface area contributed by atoms with E-state index in [2.05, 4.69) is 15.6 Å². The molecule has 126 valence electrons. The fourth-order valence-electron chi connectivity index (χ4n) is 2.20. The lowest BCUT2D eigenvalue weighted by Crippen LogP contribution is -2.12. The van der Waals surface area contributed by atoms with Crippen molar-refractivity contribution in [2.45, 2.75) is 13.3 Å². The summed E-state index contributed by atoms with van der Waals surface area (Å²) in [4.78, 5) is 28.1. The predicted octanol–water partition coefficient (Wildman–Crippen LogP) is 4.41. The summed E-state index contributed by atoms with van der Waals surface area (Å²) in [7, 11) is 0. The number of rotatable bonds is 5. The lowest BCUT2D eigenvalue weighted by molar-refractivity contribution is -0.115. The molecule has 0 bridgehead atoms. The highest BCUT2D eigenvalue weighted by atomic mass is 32.1. The quantitative estimate of drug-likeness (QED) is 0.715. The number of aromatic nitrogens is 1. The highest BCUT2D eigenvalue weighted by Gasteiger charge is 2.10. The van der Waals surface area contributed by atoms with Crippen LogP contribution in [0.5, 0.6) is 0 Å². The maximum atomic E-state index is 12.3. The number of nitrogens with one attached hydrogen (secondary N) is 2. The summed E-state index contributed by atoms with van der Waals surface area (Å²) >= 11 is 1.38. The van der Waals surface area contributed by atoms with Gasteiger partial charge in [-0.25, -0.2) is 4.98 Å². The summed E-state index contributed by atoms with van der Waals surface area (Å²) in [5, 5.41) is 8.01. The molecule has 0 aliphatic heterocycles. The molecule has 5 nitrogen and oxygen atoms in total. The zero-order chi connectivity index (χ0) is 17.6. The van der Waals surface area contributed by atoms with E-state index in [1.807, 2.05) is 35.7 Å². The molecule has 0 spiro atoms. The predicted molar refractivity (Wildman–Crippen MR) is 101 cm³/mol. The van der Waals surface area contributed by atoms with Crippen LogP contribution >= 0.6 is 11.3 Å². The summed E-state index contributed by atoms with van der Waals surface area (Å²) in [6.07, 6.45) is 0.413. The largest absolute Gasteiger partial charge is 0.326 e. The fourth-order valence-corrected chi connectivity index (χ4v) is 2.91. The molecule has 3 aromatic rings. The Bertz CT molecular complexity index is 873. The highest BCUT2D eigenvalue weighted by molar-refractivity contribution is 7.14. The molecule has 0 saturated carbocycles. The van der Waals surface area contributed by atoms with Crippen LogP contribution in [0.15, 0.2) is 60.0 Å². The van der Waals surface area contributed by atoms with Gasteiger partial charge in [0.15, 0.2) is 5.13 Å². The maximum Gasteiger partial charge on any atom is 0.257 e. The minimum absolute atomic E-state index is 0.0616. The first-order valence-corrected chi connectivity index (χ1v) is 8.76. The molecule has 6 heteroatoms. The van der Waals surface area contributed by atoms with Crippen molar-refractivity contribution in [3.8, 4) is 11.3 Å². The van der Waals surface area contributed by atoms with Crippen molar-refractivity contribution in [3.05, 3.63) is 65.5 Å². The lowest BCUT2D eigenvalue weighted by atomic mass is 10.2. The first-order valence-electron chi connectivity index (χ1n) is 7.88. The van der Waals surface area contributed by atoms with Gasteiger partial charge in [0, 0.05) is 28.6 Å². The van der Waals surface area contributed by atoms with E-state index in [-0.39, 0.29) is 11.8 Å². The Morgan fingerprint density at radius 1 is 1.00 bits per heavy atom. The van der Waals surface area contributed by atoms with E-state index in [1.165, 1.54) is 11.3 Å². The van der Waals surface area contributed by atoms with Crippen molar-refractivity contribution in [2.24, 2.45) is 0 Å². The van der Waals surface area contributed by atoms with Crippen LogP contribution in [-0.4, -0.2) is 16.8 Å². The molecular weight excluding hydrogens is 334 g/mol. The SMILES string of the molecule is CCC(=O)Nc1ccc(C(=O)Nc2nc(-c3ccccc3)cs2)cc1. The van der Waals surface area contributed by atoms with Gasteiger partial charge < -0.3 is 5.32 Å². The van der Waals surface area contributed by atoms with Crippen molar-refractivity contribution in [3.63, 3.8) is 0 Å². The van der Waals surface area contributed by atoms with Crippen LogP contribution in [0.3, 0.4) is 0 Å². The number of amides is 2. The van der Waals surface area contributed by atoms with E-state index in [0.29, 0.717) is 22.8 Å². The smallest absolute Gasteiger partial charge is 0.257 e. The summed E-state index contributed by atoms with van der Waals surface area (Å²) < 4.78 is 0. The van der Waals surface area contributed by atoms with Gasteiger partial charge in [0.2, 0.25) is 5.91 Å². The second-order valence-corrected chi connectivity index (χ2v) is 6.20. The van der Waals surface area contributed by atoms with Crippen LogP contribution in [-0.2, 0) is 4.79 Å². The minimum Gasteiger partial charge on any atom is -0.326 e. The average molecular weight is 351 g/mol. The van der Waals surface area contributed by atoms with Crippen molar-refractivity contribution < 1.29 is 9.59 Å². The molecule has 0 saturated heterocycles. The van der Waals surface area contributed by atoms with Crippen LogP contribution in [0.1, 0.15) is 23.7 Å². The van der Waals surface area contributed by atoms with Gasteiger partial charge in [0.1, 0.15) is 0 Å². The van der Waals surface area contributed by atoms with Crippen LogP contribution in [0, 0.1) is 0 Å². The van der Waals surface area contributed by atoms with Gasteiger partial charge in [-0.05, 0) is 24.3 Å². The highest BCUT2D eigenvalue weighted by Crippen LogP contribution is 2.25. The van der Waals surface area contributed by atoms with E-state index in [1.54, 1.807) is 31.2 Å². The second-order valence-electron chi connectivity index (χ2n) is 5.34. The molecule has 0 radical (unpaired) electrons. The van der Waals surface area contributed by atoms with Crippen LogP contribution in [0.25, 0.3) is 11.3 Å². The Morgan fingerprint density at radius 2 is 1.72 bits per heavy atom. The summed E-state index contributed by atoms with van der Waals surface area (Å²) in [6.45, 7) is 1.79. The van der Waals surface area contributed by atoms with Crippen LogP contribution < -0.4 is 10.6 Å². The van der Waals surface area contributed by atoms with E-state index >= 15 is 0 Å². The third kappa shape index (κ3) is 4.30. The number of nitrogens with zero attached hydrogens (tertiary/aromatic N) is 1. The number of carbonyl (C=O) groups excluding carboxylic acids is 2. The normalized spacial score (nSPS) is 10.3. The molecule has 2 N–H and O–H groups in total. The van der Waals surface area contributed by atoms with E-state index in [9.17, 15) is 9.59 Å². The van der Waals surface area contributed by atoms with Crippen molar-refractivity contribution >= 4 is 34.0 Å². The summed E-state index contributed by atoms with van der Waals surface area (Å²) in [6, 6.07) is 16.6. The molecular formula is C19H17N3O2S. The number of thiazole rings is 1. The minimum atomic E-state index is -0.234. The first kappa shape index (κ1) is 16.9. The van der Waals surface area contributed by atoms with Gasteiger partial charge in [-0.2, -0.15) is 0 Å². The molecule has 1 aromatic heterocycles. The van der Waals surface area contributed by atoms with Gasteiger partial charge in [0.25, 0.3) is 5.91 Å². The Labute approximate surface area is 149 Å². The van der Waals surface area contributed by atoms with Gasteiger partial charge in [-0.3, -0.25) is 14.9 Å². The molecule has 0 unspecified atom stereocenters. The first-order chi connectivity index (χ1) is 12.2. The molecule has 1 heterocycles. The molecule has 25 heavy (non-hydrogen) atoms. The second kappa shape index (κ2) is 7.72. The lowest BCUT2D eigenvalue weighted by Gasteiger charge is -2.05. The molecule has 0 fully saturated rings. The number of anilines is 2. The number of hydrogen-bond acceptors (Lipinski definition) is 4. The molecule has 0 aliphatic rings. The Kier molecular flexibility index (Phi) is 5.20. The average Bonchev–Trinajstić information content (AvgIpc) is 3.11. The van der Waals surface area contributed by atoms with Crippen molar-refractivity contribution in [2.75, 3.05) is 10.6 Å². The van der Waals surface area contributed by atoms with Gasteiger partial charge in [0.05, 0.1) is 5.69 Å². The van der Waals surface area contributed by atoms with E-state index < -0.39 is 0 Å². The van der Waals surface area contributed by atoms with Gasteiger partial charge in [-0.1, -0.05) is 37.3 Å². The monoisotopic (exact) mass is 351 g/mol. The molecule has 2 aromatic carbocycles. The third-order valence-corrected chi connectivity index (χ3v) is 4.30. The summed E-state index contributed by atoms with van der Waals surface area (Å²) in [5.41, 5.74) is 3.02. The Hall–Kier alpha value is -2.99. The third-order valence-electron chi connectivity index (χ3n) is 3.55. The molecule has 2 amide bonds. The van der Waals surface area contributed by atoms with Crippen molar-refractivity contribution in [1.29, 1.82) is 0 Å². The Balaban J connectivity index is 1.66.